The quantitative estimate of drug-likeness (QED) is 0.787. The molecule has 1 aromatic carbocycles. The minimum Gasteiger partial charge on any atom is -0.301 e. The van der Waals surface area contributed by atoms with Crippen molar-refractivity contribution < 1.29 is 0 Å². The monoisotopic (exact) mass is 217 g/mol. The van der Waals surface area contributed by atoms with Crippen LogP contribution in [0.25, 0.3) is 0 Å². The lowest BCUT2D eigenvalue weighted by Crippen LogP contribution is -2.33. The van der Waals surface area contributed by atoms with Crippen molar-refractivity contribution in [1.29, 1.82) is 5.26 Å². The lowest BCUT2D eigenvalue weighted by atomic mass is 10.2. The van der Waals surface area contributed by atoms with E-state index in [-0.39, 0.29) is 6.04 Å². The van der Waals surface area contributed by atoms with E-state index in [1.807, 2.05) is 13.0 Å². The van der Waals surface area contributed by atoms with E-state index in [4.69, 9.17) is 5.26 Å². The van der Waals surface area contributed by atoms with Crippen LogP contribution in [-0.4, -0.2) is 31.1 Å². The van der Waals surface area contributed by atoms with Crippen molar-refractivity contribution in [2.75, 3.05) is 20.1 Å². The molecular formula is C13H19N3. The molecule has 0 heterocycles. The zero-order valence-corrected chi connectivity index (χ0v) is 9.98. The molecule has 86 valence electrons. The van der Waals surface area contributed by atoms with E-state index in [9.17, 15) is 0 Å². The van der Waals surface area contributed by atoms with Gasteiger partial charge in [-0.3, -0.25) is 0 Å². The van der Waals surface area contributed by atoms with Crippen molar-refractivity contribution in [2.45, 2.75) is 19.5 Å². The Morgan fingerprint density at radius 2 is 2.06 bits per heavy atom. The van der Waals surface area contributed by atoms with Crippen molar-refractivity contribution in [2.24, 2.45) is 0 Å². The smallest absolute Gasteiger partial charge is 0.0924 e. The molecule has 1 unspecified atom stereocenters. The van der Waals surface area contributed by atoms with Gasteiger partial charge in [-0.1, -0.05) is 30.3 Å². The minimum absolute atomic E-state index is 0.0647. The third-order valence-electron chi connectivity index (χ3n) is 2.43. The first kappa shape index (κ1) is 12.7. The first-order chi connectivity index (χ1) is 7.72. The second-order valence-electron chi connectivity index (χ2n) is 4.03. The van der Waals surface area contributed by atoms with E-state index in [0.717, 1.165) is 19.6 Å². The van der Waals surface area contributed by atoms with Gasteiger partial charge in [-0.2, -0.15) is 5.26 Å². The van der Waals surface area contributed by atoms with Crippen LogP contribution in [0.5, 0.6) is 0 Å². The summed E-state index contributed by atoms with van der Waals surface area (Å²) in [6.45, 7) is 4.61. The van der Waals surface area contributed by atoms with E-state index >= 15 is 0 Å². The molecule has 3 nitrogen and oxygen atoms in total. The SMILES string of the molecule is CC(C#N)NCCN(C)Cc1ccccc1. The second-order valence-corrected chi connectivity index (χ2v) is 4.03. The number of nitrogens with one attached hydrogen (secondary N) is 1. The summed E-state index contributed by atoms with van der Waals surface area (Å²) in [7, 11) is 2.09. The third kappa shape index (κ3) is 4.92. The first-order valence-electron chi connectivity index (χ1n) is 5.58. The molecule has 0 aliphatic carbocycles. The molecular weight excluding hydrogens is 198 g/mol. The van der Waals surface area contributed by atoms with Gasteiger partial charge in [0, 0.05) is 19.6 Å². The molecule has 0 saturated carbocycles. The fraction of sp³-hybridized carbons (Fsp3) is 0.462. The molecule has 16 heavy (non-hydrogen) atoms. The molecule has 0 saturated heterocycles. The molecule has 0 bridgehead atoms. The van der Waals surface area contributed by atoms with E-state index in [2.05, 4.69) is 47.6 Å². The minimum atomic E-state index is -0.0647. The highest BCUT2D eigenvalue weighted by molar-refractivity contribution is 5.14. The molecule has 1 rings (SSSR count). The zero-order valence-electron chi connectivity index (χ0n) is 9.98. The normalized spacial score (nSPS) is 12.4. The summed E-state index contributed by atoms with van der Waals surface area (Å²) >= 11 is 0. The van der Waals surface area contributed by atoms with Crippen LogP contribution in [0.3, 0.4) is 0 Å². The van der Waals surface area contributed by atoms with Crippen molar-refractivity contribution in [3.8, 4) is 6.07 Å². The van der Waals surface area contributed by atoms with Gasteiger partial charge in [-0.15, -0.1) is 0 Å². The molecule has 3 heteroatoms. The molecule has 0 amide bonds. The fourth-order valence-corrected chi connectivity index (χ4v) is 1.49. The van der Waals surface area contributed by atoms with E-state index < -0.39 is 0 Å². The van der Waals surface area contributed by atoms with Crippen molar-refractivity contribution >= 4 is 0 Å². The van der Waals surface area contributed by atoms with Gasteiger partial charge in [-0.05, 0) is 19.5 Å². The number of rotatable bonds is 6. The predicted molar refractivity (Wildman–Crippen MR) is 65.9 cm³/mol. The first-order valence-corrected chi connectivity index (χ1v) is 5.58. The van der Waals surface area contributed by atoms with Gasteiger partial charge in [0.15, 0.2) is 0 Å². The molecule has 1 aromatic rings. The van der Waals surface area contributed by atoms with Gasteiger partial charge in [-0.25, -0.2) is 0 Å². The molecule has 0 radical (unpaired) electrons. The number of nitrogens with zero attached hydrogens (tertiary/aromatic N) is 2. The Labute approximate surface area is 97.7 Å². The Kier molecular flexibility index (Phi) is 5.55. The summed E-state index contributed by atoms with van der Waals surface area (Å²) in [6.07, 6.45) is 0. The summed E-state index contributed by atoms with van der Waals surface area (Å²) in [6, 6.07) is 12.5. The Morgan fingerprint density at radius 3 is 2.69 bits per heavy atom. The summed E-state index contributed by atoms with van der Waals surface area (Å²) in [4.78, 5) is 2.24. The average molecular weight is 217 g/mol. The third-order valence-corrected chi connectivity index (χ3v) is 2.43. The predicted octanol–water partition coefficient (Wildman–Crippen LogP) is 1.62. The highest BCUT2D eigenvalue weighted by Gasteiger charge is 2.01. The van der Waals surface area contributed by atoms with Gasteiger partial charge in [0.05, 0.1) is 12.1 Å². The van der Waals surface area contributed by atoms with Gasteiger partial charge >= 0.3 is 0 Å². The lowest BCUT2D eigenvalue weighted by molar-refractivity contribution is 0.322. The topological polar surface area (TPSA) is 39.1 Å². The summed E-state index contributed by atoms with van der Waals surface area (Å²) < 4.78 is 0. The second kappa shape index (κ2) is 7.00. The zero-order chi connectivity index (χ0) is 11.8. The van der Waals surface area contributed by atoms with Crippen molar-refractivity contribution in [3.05, 3.63) is 35.9 Å². The van der Waals surface area contributed by atoms with Crippen LogP contribution in [0, 0.1) is 11.3 Å². The fourth-order valence-electron chi connectivity index (χ4n) is 1.49. The van der Waals surface area contributed by atoms with Crippen LogP contribution in [0.2, 0.25) is 0 Å². The van der Waals surface area contributed by atoms with Crippen LogP contribution in [0.15, 0.2) is 30.3 Å². The van der Waals surface area contributed by atoms with Crippen LogP contribution >= 0.6 is 0 Å². The van der Waals surface area contributed by atoms with Crippen LogP contribution in [-0.2, 0) is 6.54 Å². The van der Waals surface area contributed by atoms with Crippen LogP contribution < -0.4 is 5.32 Å². The Morgan fingerprint density at radius 1 is 1.38 bits per heavy atom. The van der Waals surface area contributed by atoms with Crippen LogP contribution in [0.1, 0.15) is 12.5 Å². The molecule has 0 spiro atoms. The maximum absolute atomic E-state index is 8.61. The molecule has 1 atom stereocenters. The number of likely N-dealkylation sites (N-methyl/N-ethyl adjacent to an activating group) is 1. The van der Waals surface area contributed by atoms with E-state index in [1.165, 1.54) is 5.56 Å². The highest BCUT2D eigenvalue weighted by Crippen LogP contribution is 2.01. The van der Waals surface area contributed by atoms with Crippen molar-refractivity contribution in [3.63, 3.8) is 0 Å². The van der Waals surface area contributed by atoms with Crippen LogP contribution in [0.4, 0.5) is 0 Å². The standard InChI is InChI=1S/C13H19N3/c1-12(10-14)15-8-9-16(2)11-13-6-4-3-5-7-13/h3-7,12,15H,8-9,11H2,1-2H3. The van der Waals surface area contributed by atoms with E-state index in [1.54, 1.807) is 0 Å². The summed E-state index contributed by atoms with van der Waals surface area (Å²) in [5.74, 6) is 0. The largest absolute Gasteiger partial charge is 0.301 e. The molecule has 0 aliphatic heterocycles. The highest BCUT2D eigenvalue weighted by atomic mass is 15.1. The molecule has 0 fully saturated rings. The number of hydrogen-bond donors (Lipinski definition) is 1. The number of nitriles is 1. The van der Waals surface area contributed by atoms with Gasteiger partial charge in [0.25, 0.3) is 0 Å². The molecule has 0 aromatic heterocycles. The molecule has 1 N–H and O–H groups in total. The summed E-state index contributed by atoms with van der Waals surface area (Å²) in [5.41, 5.74) is 1.32. The lowest BCUT2D eigenvalue weighted by Gasteiger charge is -2.17. The molecule has 0 aliphatic rings. The van der Waals surface area contributed by atoms with Gasteiger partial charge in [0.1, 0.15) is 0 Å². The number of hydrogen-bond acceptors (Lipinski definition) is 3. The average Bonchev–Trinajstić information content (AvgIpc) is 2.30. The number of benzene rings is 1. The maximum atomic E-state index is 8.61. The maximum Gasteiger partial charge on any atom is 0.0924 e. The van der Waals surface area contributed by atoms with E-state index in [0.29, 0.717) is 0 Å². The van der Waals surface area contributed by atoms with Crippen molar-refractivity contribution in [1.82, 2.24) is 10.2 Å². The van der Waals surface area contributed by atoms with Gasteiger partial charge < -0.3 is 10.2 Å². The van der Waals surface area contributed by atoms with Gasteiger partial charge in [0.2, 0.25) is 0 Å². The summed E-state index contributed by atoms with van der Waals surface area (Å²) in [5, 5.41) is 11.8. The Bertz CT molecular complexity index is 329. The Balaban J connectivity index is 2.22. The Hall–Kier alpha value is -1.37.